The zero-order chi connectivity index (χ0) is 21.9. The molecule has 2 aliphatic heterocycles. The lowest BCUT2D eigenvalue weighted by molar-refractivity contribution is 0.00752. The third-order valence-electron chi connectivity index (χ3n) is 6.27. The van der Waals surface area contributed by atoms with Crippen LogP contribution in [0.15, 0.2) is 23.3 Å². The molecule has 1 atom stereocenters. The molecule has 2 fully saturated rings. The second kappa shape index (κ2) is 14.9. The number of aliphatic imine (C=N–C) groups is 1. The smallest absolute Gasteiger partial charge is 0.191 e. The van der Waals surface area contributed by atoms with Gasteiger partial charge in [-0.1, -0.05) is 26.7 Å². The van der Waals surface area contributed by atoms with Crippen molar-refractivity contribution >= 4 is 35.8 Å². The van der Waals surface area contributed by atoms with E-state index >= 15 is 0 Å². The van der Waals surface area contributed by atoms with Crippen LogP contribution < -0.4 is 15.5 Å². The van der Waals surface area contributed by atoms with E-state index in [0.717, 1.165) is 64.3 Å². The fraction of sp³-hybridized carbons (Fsp3) is 0.750. The van der Waals surface area contributed by atoms with Crippen molar-refractivity contribution in [2.75, 3.05) is 57.4 Å². The van der Waals surface area contributed by atoms with Crippen molar-refractivity contribution in [2.45, 2.75) is 59.0 Å². The van der Waals surface area contributed by atoms with Crippen LogP contribution >= 0.6 is 24.0 Å². The van der Waals surface area contributed by atoms with Gasteiger partial charge in [0.25, 0.3) is 0 Å². The van der Waals surface area contributed by atoms with Crippen molar-refractivity contribution in [3.63, 3.8) is 0 Å². The molecular formula is C24H43IN6O. The third kappa shape index (κ3) is 8.67. The van der Waals surface area contributed by atoms with Gasteiger partial charge >= 0.3 is 0 Å². The van der Waals surface area contributed by atoms with Crippen molar-refractivity contribution in [1.29, 1.82) is 0 Å². The summed E-state index contributed by atoms with van der Waals surface area (Å²) < 4.78 is 5.53. The van der Waals surface area contributed by atoms with E-state index in [1.165, 1.54) is 31.2 Å². The number of halogens is 1. The Morgan fingerprint density at radius 1 is 1.09 bits per heavy atom. The second-order valence-corrected chi connectivity index (χ2v) is 8.96. The van der Waals surface area contributed by atoms with Crippen molar-refractivity contribution in [3.05, 3.63) is 23.9 Å². The highest BCUT2D eigenvalue weighted by Gasteiger charge is 2.23. The zero-order valence-electron chi connectivity index (χ0n) is 20.2. The minimum absolute atomic E-state index is 0. The molecule has 0 spiro atoms. The largest absolute Gasteiger partial charge is 0.379 e. The van der Waals surface area contributed by atoms with Crippen LogP contribution in [-0.4, -0.2) is 74.4 Å². The van der Waals surface area contributed by atoms with Crippen molar-refractivity contribution in [2.24, 2.45) is 10.9 Å². The molecule has 32 heavy (non-hydrogen) atoms. The maximum Gasteiger partial charge on any atom is 0.191 e. The minimum Gasteiger partial charge on any atom is -0.379 e. The molecule has 3 heterocycles. The molecule has 0 aliphatic carbocycles. The molecule has 8 heteroatoms. The molecule has 3 rings (SSSR count). The SMILES string of the molecule is CCNC(=NCc1ccnc(N2CCCCCC2)c1)NCC(C(C)C)N1CCOCC1.I. The summed E-state index contributed by atoms with van der Waals surface area (Å²) in [6.45, 7) is 15.0. The van der Waals surface area contributed by atoms with Crippen LogP contribution in [0.4, 0.5) is 5.82 Å². The molecule has 0 radical (unpaired) electrons. The molecule has 0 bridgehead atoms. The quantitative estimate of drug-likeness (QED) is 0.290. The van der Waals surface area contributed by atoms with E-state index < -0.39 is 0 Å². The lowest BCUT2D eigenvalue weighted by Gasteiger charge is -2.37. The van der Waals surface area contributed by atoms with Gasteiger partial charge in [-0.3, -0.25) is 4.90 Å². The molecule has 2 aliphatic rings. The van der Waals surface area contributed by atoms with E-state index in [-0.39, 0.29) is 24.0 Å². The Hall–Kier alpha value is -1.13. The predicted octanol–water partition coefficient (Wildman–Crippen LogP) is 3.49. The molecule has 0 saturated carbocycles. The number of guanidine groups is 1. The summed E-state index contributed by atoms with van der Waals surface area (Å²) in [7, 11) is 0. The Labute approximate surface area is 211 Å². The standard InChI is InChI=1S/C24H42N6O.HI/c1-4-25-24(28-19-22(20(2)3)29-13-15-31-16-14-29)27-18-21-9-10-26-23(17-21)30-11-7-5-6-8-12-30;/h9-10,17,20,22H,4-8,11-16,18-19H2,1-3H3,(H2,25,27,28);1H. The number of nitrogens with one attached hydrogen (secondary N) is 2. The monoisotopic (exact) mass is 558 g/mol. The number of morpholine rings is 1. The van der Waals surface area contributed by atoms with E-state index in [0.29, 0.717) is 18.5 Å². The fourth-order valence-corrected chi connectivity index (χ4v) is 4.44. The maximum atomic E-state index is 5.53. The minimum atomic E-state index is 0. The molecule has 0 aromatic carbocycles. The predicted molar refractivity (Wildman–Crippen MR) is 144 cm³/mol. The van der Waals surface area contributed by atoms with E-state index in [1.54, 1.807) is 0 Å². The average molecular weight is 559 g/mol. The Balaban J connectivity index is 0.00000363. The number of ether oxygens (including phenoxy) is 1. The van der Waals surface area contributed by atoms with Gasteiger partial charge in [0.05, 0.1) is 19.8 Å². The summed E-state index contributed by atoms with van der Waals surface area (Å²) in [6.07, 6.45) is 7.12. The van der Waals surface area contributed by atoms with Crippen molar-refractivity contribution in [1.82, 2.24) is 20.5 Å². The van der Waals surface area contributed by atoms with Gasteiger partial charge in [0.15, 0.2) is 5.96 Å². The molecule has 1 unspecified atom stereocenters. The van der Waals surface area contributed by atoms with Crippen molar-refractivity contribution < 1.29 is 4.74 Å². The van der Waals surface area contributed by atoms with Gasteiger partial charge in [-0.15, -0.1) is 24.0 Å². The average Bonchev–Trinajstić information content (AvgIpc) is 3.08. The van der Waals surface area contributed by atoms with Gasteiger partial charge in [0, 0.05) is 51.5 Å². The van der Waals surface area contributed by atoms with Crippen molar-refractivity contribution in [3.8, 4) is 0 Å². The molecule has 0 amide bonds. The van der Waals surface area contributed by atoms with Gasteiger partial charge < -0.3 is 20.3 Å². The summed E-state index contributed by atoms with van der Waals surface area (Å²) >= 11 is 0. The Bertz CT molecular complexity index is 672. The summed E-state index contributed by atoms with van der Waals surface area (Å²) in [6, 6.07) is 4.77. The lowest BCUT2D eigenvalue weighted by atomic mass is 10.0. The number of anilines is 1. The lowest BCUT2D eigenvalue weighted by Crippen LogP contribution is -2.52. The topological polar surface area (TPSA) is 65.0 Å². The molecule has 7 nitrogen and oxygen atoms in total. The van der Waals surface area contributed by atoms with Gasteiger partial charge in [-0.05, 0) is 43.4 Å². The van der Waals surface area contributed by atoms with Gasteiger partial charge in [-0.25, -0.2) is 9.98 Å². The van der Waals surface area contributed by atoms with Gasteiger partial charge in [-0.2, -0.15) is 0 Å². The first-order chi connectivity index (χ1) is 15.2. The van der Waals surface area contributed by atoms with E-state index in [1.807, 2.05) is 6.20 Å². The van der Waals surface area contributed by atoms with Gasteiger partial charge in [0.2, 0.25) is 0 Å². The first-order valence-corrected chi connectivity index (χ1v) is 12.2. The molecule has 1 aromatic heterocycles. The van der Waals surface area contributed by atoms with Crippen LogP contribution in [0, 0.1) is 5.92 Å². The Morgan fingerprint density at radius 2 is 1.81 bits per heavy atom. The first-order valence-electron chi connectivity index (χ1n) is 12.2. The zero-order valence-corrected chi connectivity index (χ0v) is 22.5. The second-order valence-electron chi connectivity index (χ2n) is 8.96. The molecule has 2 N–H and O–H groups in total. The van der Waals surface area contributed by atoms with Crippen LogP contribution in [0.25, 0.3) is 0 Å². The third-order valence-corrected chi connectivity index (χ3v) is 6.27. The summed E-state index contributed by atoms with van der Waals surface area (Å²) in [5.41, 5.74) is 1.21. The fourth-order valence-electron chi connectivity index (χ4n) is 4.44. The van der Waals surface area contributed by atoms with Crippen LogP contribution in [-0.2, 0) is 11.3 Å². The Kier molecular flexibility index (Phi) is 12.6. The van der Waals surface area contributed by atoms with Crippen LogP contribution in [0.3, 0.4) is 0 Å². The van der Waals surface area contributed by atoms with Gasteiger partial charge in [0.1, 0.15) is 5.82 Å². The molecule has 2 saturated heterocycles. The van der Waals surface area contributed by atoms with Crippen LogP contribution in [0.1, 0.15) is 52.0 Å². The van der Waals surface area contributed by atoms with E-state index in [9.17, 15) is 0 Å². The van der Waals surface area contributed by atoms with E-state index in [2.05, 4.69) is 58.3 Å². The van der Waals surface area contributed by atoms with Crippen LogP contribution in [0.2, 0.25) is 0 Å². The number of pyridine rings is 1. The highest BCUT2D eigenvalue weighted by atomic mass is 127. The summed E-state index contributed by atoms with van der Waals surface area (Å²) in [5, 5.41) is 6.99. The molecule has 182 valence electrons. The van der Waals surface area contributed by atoms with E-state index in [4.69, 9.17) is 9.73 Å². The summed E-state index contributed by atoms with van der Waals surface area (Å²) in [5.74, 6) is 2.55. The Morgan fingerprint density at radius 3 is 2.47 bits per heavy atom. The number of rotatable bonds is 8. The number of hydrogen-bond donors (Lipinski definition) is 2. The number of nitrogens with zero attached hydrogens (tertiary/aromatic N) is 4. The number of aromatic nitrogens is 1. The normalized spacial score (nSPS) is 19.2. The molecule has 1 aromatic rings. The molecular weight excluding hydrogens is 515 g/mol. The summed E-state index contributed by atoms with van der Waals surface area (Å²) in [4.78, 5) is 14.5. The maximum absolute atomic E-state index is 5.53. The van der Waals surface area contributed by atoms with Crippen LogP contribution in [0.5, 0.6) is 0 Å². The highest BCUT2D eigenvalue weighted by molar-refractivity contribution is 14.0. The first kappa shape index (κ1) is 27.1. The number of hydrogen-bond acceptors (Lipinski definition) is 5. The highest BCUT2D eigenvalue weighted by Crippen LogP contribution is 2.18.